The lowest BCUT2D eigenvalue weighted by atomic mass is 10.1. The first kappa shape index (κ1) is 21.6. The molecule has 0 aliphatic heterocycles. The third-order valence-corrected chi connectivity index (χ3v) is 6.35. The quantitative estimate of drug-likeness (QED) is 0.466. The number of aromatic nitrogens is 2. The minimum Gasteiger partial charge on any atom is -0.478 e. The molecular weight excluding hydrogens is 448 g/mol. The Morgan fingerprint density at radius 1 is 1.06 bits per heavy atom. The van der Waals surface area contributed by atoms with Crippen molar-refractivity contribution >= 4 is 39.1 Å². The van der Waals surface area contributed by atoms with Gasteiger partial charge in [-0.1, -0.05) is 47.7 Å². The molecule has 0 saturated heterocycles. The van der Waals surface area contributed by atoms with Crippen LogP contribution in [0.3, 0.4) is 0 Å². The van der Waals surface area contributed by atoms with Crippen LogP contribution in [0.4, 0.5) is 0 Å². The van der Waals surface area contributed by atoms with Crippen LogP contribution in [0.5, 0.6) is 0 Å². The van der Waals surface area contributed by atoms with Gasteiger partial charge >= 0.3 is 11.7 Å². The zero-order valence-corrected chi connectivity index (χ0v) is 18.5. The van der Waals surface area contributed by atoms with E-state index in [9.17, 15) is 14.4 Å². The van der Waals surface area contributed by atoms with Crippen LogP contribution in [0.25, 0.3) is 10.2 Å². The van der Waals surface area contributed by atoms with E-state index in [1.807, 2.05) is 24.3 Å². The molecule has 32 heavy (non-hydrogen) atoms. The number of fused-ring (bicyclic) bond motifs is 1. The molecule has 8 heteroatoms. The van der Waals surface area contributed by atoms with E-state index in [1.165, 1.54) is 28.0 Å². The van der Waals surface area contributed by atoms with Gasteiger partial charge in [-0.25, -0.2) is 9.59 Å². The maximum absolute atomic E-state index is 13.0. The first-order chi connectivity index (χ1) is 15.3. The Labute approximate surface area is 191 Å². The summed E-state index contributed by atoms with van der Waals surface area (Å²) in [5.41, 5.74) is 1.00. The highest BCUT2D eigenvalue weighted by atomic mass is 35.5. The summed E-state index contributed by atoms with van der Waals surface area (Å²) in [6, 6.07) is 15.2. The lowest BCUT2D eigenvalue weighted by molar-refractivity contribution is 0.0697. The number of carboxylic acids is 1. The molecule has 0 saturated carbocycles. The zero-order chi connectivity index (χ0) is 22.8. The van der Waals surface area contributed by atoms with Gasteiger partial charge in [0.05, 0.1) is 22.4 Å². The Kier molecular flexibility index (Phi) is 5.99. The number of carbonyl (C=O) groups is 1. The van der Waals surface area contributed by atoms with Crippen LogP contribution >= 0.6 is 22.9 Å². The summed E-state index contributed by atoms with van der Waals surface area (Å²) in [6.07, 6.45) is 0.543. The van der Waals surface area contributed by atoms with Gasteiger partial charge in [-0.2, -0.15) is 0 Å². The van der Waals surface area contributed by atoms with Gasteiger partial charge in [0, 0.05) is 18.5 Å². The second-order valence-electron chi connectivity index (χ2n) is 7.17. The number of aromatic carboxylic acids is 1. The number of aryl methyl sites for hydroxylation is 1. The van der Waals surface area contributed by atoms with Crippen molar-refractivity contribution in [1.29, 1.82) is 0 Å². The first-order valence-corrected chi connectivity index (χ1v) is 10.8. The number of hydrogen-bond acceptors (Lipinski definition) is 4. The summed E-state index contributed by atoms with van der Waals surface area (Å²) >= 11 is 7.19. The minimum atomic E-state index is -1.03. The van der Waals surface area contributed by atoms with Crippen molar-refractivity contribution in [3.63, 3.8) is 0 Å². The Morgan fingerprint density at radius 3 is 2.38 bits per heavy atom. The van der Waals surface area contributed by atoms with Crippen molar-refractivity contribution in [2.75, 3.05) is 0 Å². The van der Waals surface area contributed by atoms with Crippen molar-refractivity contribution in [1.82, 2.24) is 9.13 Å². The smallest absolute Gasteiger partial charge is 0.335 e. The molecule has 0 amide bonds. The predicted octanol–water partition coefficient (Wildman–Crippen LogP) is 3.76. The van der Waals surface area contributed by atoms with Gasteiger partial charge in [-0.05, 0) is 41.5 Å². The normalized spacial score (nSPS) is 10.7. The van der Waals surface area contributed by atoms with E-state index >= 15 is 0 Å². The van der Waals surface area contributed by atoms with Crippen LogP contribution in [0, 0.1) is 11.8 Å². The lowest BCUT2D eigenvalue weighted by Gasteiger charge is -2.08. The zero-order valence-electron chi connectivity index (χ0n) is 17.0. The van der Waals surface area contributed by atoms with Crippen molar-refractivity contribution < 1.29 is 9.90 Å². The van der Waals surface area contributed by atoms with Gasteiger partial charge in [0.2, 0.25) is 0 Å². The van der Waals surface area contributed by atoms with Gasteiger partial charge in [0.15, 0.2) is 0 Å². The number of benzene rings is 2. The molecule has 4 aromatic rings. The molecule has 0 aliphatic rings. The highest BCUT2D eigenvalue weighted by Gasteiger charge is 2.14. The fraction of sp³-hybridized carbons (Fsp3) is 0.125. The standard InChI is InChI=1S/C24H17ClN2O4S/c1-26-22-20(13-19(32-22)4-2-3-15-7-11-18(25)12-8-15)21(28)27(24(26)31)14-16-5-9-17(10-6-16)23(29)30/h5-13H,3,14H2,1H3,(H,29,30). The Balaban J connectivity index is 1.66. The summed E-state index contributed by atoms with van der Waals surface area (Å²) in [7, 11) is 1.62. The molecule has 0 unspecified atom stereocenters. The van der Waals surface area contributed by atoms with Gasteiger partial charge in [0.25, 0.3) is 5.56 Å². The van der Waals surface area contributed by atoms with Crippen molar-refractivity contribution in [2.24, 2.45) is 7.05 Å². The van der Waals surface area contributed by atoms with Crippen LogP contribution in [0.2, 0.25) is 5.02 Å². The van der Waals surface area contributed by atoms with Crippen LogP contribution in [-0.4, -0.2) is 20.2 Å². The third kappa shape index (κ3) is 4.37. The maximum Gasteiger partial charge on any atom is 0.335 e. The summed E-state index contributed by atoms with van der Waals surface area (Å²) in [6.45, 7) is 0.0504. The maximum atomic E-state index is 13.0. The molecule has 6 nitrogen and oxygen atoms in total. The first-order valence-electron chi connectivity index (χ1n) is 9.62. The van der Waals surface area contributed by atoms with Crippen molar-refractivity contribution in [2.45, 2.75) is 13.0 Å². The lowest BCUT2D eigenvalue weighted by Crippen LogP contribution is -2.38. The highest BCUT2D eigenvalue weighted by molar-refractivity contribution is 7.19. The largest absolute Gasteiger partial charge is 0.478 e. The number of halogens is 1. The molecule has 160 valence electrons. The highest BCUT2D eigenvalue weighted by Crippen LogP contribution is 2.21. The fourth-order valence-corrected chi connectivity index (χ4v) is 4.36. The van der Waals surface area contributed by atoms with Gasteiger partial charge < -0.3 is 5.11 Å². The number of thiophene rings is 1. The van der Waals surface area contributed by atoms with Crippen LogP contribution in [0.15, 0.2) is 64.2 Å². The topological polar surface area (TPSA) is 81.3 Å². The second kappa shape index (κ2) is 8.87. The van der Waals surface area contributed by atoms with Gasteiger partial charge in [-0.3, -0.25) is 13.9 Å². The van der Waals surface area contributed by atoms with Gasteiger partial charge in [-0.15, -0.1) is 11.3 Å². The molecule has 0 radical (unpaired) electrons. The fourth-order valence-electron chi connectivity index (χ4n) is 3.26. The van der Waals surface area contributed by atoms with Crippen LogP contribution < -0.4 is 11.2 Å². The molecule has 0 aliphatic carbocycles. The van der Waals surface area contributed by atoms with Gasteiger partial charge in [0.1, 0.15) is 4.83 Å². The van der Waals surface area contributed by atoms with E-state index < -0.39 is 17.2 Å². The van der Waals surface area contributed by atoms with E-state index in [1.54, 1.807) is 25.2 Å². The molecule has 1 N–H and O–H groups in total. The Bertz CT molecular complexity index is 1500. The summed E-state index contributed by atoms with van der Waals surface area (Å²) in [5, 5.41) is 10.1. The average Bonchev–Trinajstić information content (AvgIpc) is 3.21. The molecule has 0 bridgehead atoms. The molecule has 2 aromatic heterocycles. The Hall–Kier alpha value is -3.60. The van der Waals surface area contributed by atoms with Crippen molar-refractivity contribution in [3.8, 4) is 11.8 Å². The number of rotatable bonds is 4. The summed E-state index contributed by atoms with van der Waals surface area (Å²) in [5.74, 6) is 5.13. The molecule has 0 spiro atoms. The van der Waals surface area contributed by atoms with E-state index in [0.29, 0.717) is 32.1 Å². The van der Waals surface area contributed by atoms with E-state index in [0.717, 1.165) is 10.1 Å². The minimum absolute atomic E-state index is 0.0504. The van der Waals surface area contributed by atoms with Crippen LogP contribution in [0.1, 0.15) is 26.4 Å². The molecule has 4 rings (SSSR count). The predicted molar refractivity (Wildman–Crippen MR) is 126 cm³/mol. The van der Waals surface area contributed by atoms with E-state index in [-0.39, 0.29) is 12.1 Å². The second-order valence-corrected chi connectivity index (χ2v) is 8.64. The SMILES string of the molecule is Cn1c(=O)n(Cc2ccc(C(=O)O)cc2)c(=O)c2cc(C#CCc3ccc(Cl)cc3)sc21. The molecule has 0 fully saturated rings. The average molecular weight is 465 g/mol. The number of hydrogen-bond donors (Lipinski definition) is 1. The molecule has 0 atom stereocenters. The van der Waals surface area contributed by atoms with E-state index in [4.69, 9.17) is 16.7 Å². The third-order valence-electron chi connectivity index (χ3n) is 4.97. The molecule has 2 aromatic carbocycles. The monoisotopic (exact) mass is 464 g/mol. The Morgan fingerprint density at radius 2 is 1.72 bits per heavy atom. The van der Waals surface area contributed by atoms with Crippen molar-refractivity contribution in [3.05, 3.63) is 102 Å². The molecular formula is C24H17ClN2O4S. The number of nitrogens with zero attached hydrogens (tertiary/aromatic N) is 2. The molecule has 2 heterocycles. The number of carboxylic acid groups (broad SMARTS) is 1. The summed E-state index contributed by atoms with van der Waals surface area (Å²) < 4.78 is 2.59. The van der Waals surface area contributed by atoms with E-state index in [2.05, 4.69) is 11.8 Å². The van der Waals surface area contributed by atoms with Crippen LogP contribution in [-0.2, 0) is 20.0 Å². The summed E-state index contributed by atoms with van der Waals surface area (Å²) in [4.78, 5) is 38.1.